The van der Waals surface area contributed by atoms with Crippen LogP contribution in [0.15, 0.2) is 53.4 Å². The molecule has 0 aliphatic carbocycles. The van der Waals surface area contributed by atoms with Crippen molar-refractivity contribution in [2.45, 2.75) is 68.3 Å². The summed E-state index contributed by atoms with van der Waals surface area (Å²) in [6, 6.07) is 15.4. The van der Waals surface area contributed by atoms with Gasteiger partial charge in [-0.2, -0.15) is 13.2 Å². The monoisotopic (exact) mass is 562 g/mol. The number of rotatable bonds is 8. The predicted molar refractivity (Wildman–Crippen MR) is 155 cm³/mol. The average Bonchev–Trinajstić information content (AvgIpc) is 2.89. The second-order valence-electron chi connectivity index (χ2n) is 11.6. The van der Waals surface area contributed by atoms with Crippen LogP contribution in [0.3, 0.4) is 0 Å². The fraction of sp³-hybridized carbons (Fsp3) is 0.567. The highest BCUT2D eigenvalue weighted by Gasteiger charge is 2.29. The van der Waals surface area contributed by atoms with Gasteiger partial charge in [-0.1, -0.05) is 32.9 Å². The third-order valence-corrected chi connectivity index (χ3v) is 8.31. The molecule has 39 heavy (non-hydrogen) atoms. The molecular formula is C30H41F3N4OS. The molecule has 9 heteroatoms. The predicted octanol–water partition coefficient (Wildman–Crippen LogP) is 6.60. The lowest BCUT2D eigenvalue weighted by Crippen LogP contribution is -2.47. The second kappa shape index (κ2) is 12.9. The number of hydrogen-bond acceptors (Lipinski definition) is 5. The number of piperazine rings is 1. The van der Waals surface area contributed by atoms with Crippen LogP contribution >= 0.6 is 11.8 Å². The number of alkyl halides is 3. The minimum absolute atomic E-state index is 0.106. The first-order valence-corrected chi connectivity index (χ1v) is 14.8. The Balaban J connectivity index is 1.15. The quantitative estimate of drug-likeness (QED) is 0.367. The van der Waals surface area contributed by atoms with Crippen molar-refractivity contribution in [3.63, 3.8) is 0 Å². The minimum atomic E-state index is -4.29. The van der Waals surface area contributed by atoms with Crippen molar-refractivity contribution in [1.82, 2.24) is 9.80 Å². The Kier molecular flexibility index (Phi) is 9.75. The molecule has 5 nitrogen and oxygen atoms in total. The molecule has 2 aromatic carbocycles. The van der Waals surface area contributed by atoms with Gasteiger partial charge in [-0.25, -0.2) is 0 Å². The molecule has 4 rings (SSSR count). The van der Waals surface area contributed by atoms with E-state index in [1.165, 1.54) is 23.4 Å². The van der Waals surface area contributed by atoms with Gasteiger partial charge in [0, 0.05) is 68.0 Å². The first-order valence-electron chi connectivity index (χ1n) is 13.9. The van der Waals surface area contributed by atoms with E-state index >= 15 is 0 Å². The van der Waals surface area contributed by atoms with Gasteiger partial charge in [0.2, 0.25) is 5.91 Å². The van der Waals surface area contributed by atoms with Crippen molar-refractivity contribution >= 4 is 29.0 Å². The van der Waals surface area contributed by atoms with Gasteiger partial charge in [-0.3, -0.25) is 9.69 Å². The van der Waals surface area contributed by atoms with E-state index in [0.717, 1.165) is 64.2 Å². The number of piperidine rings is 1. The molecular weight excluding hydrogens is 521 g/mol. The SMILES string of the molecule is CC(C)(C)c1ccc(N2CCN(CCCC(=O)N3CCCC(Nc4ccc(SC(F)(F)F)cc4)C3)CC2)cc1. The Hall–Kier alpha value is -2.39. The topological polar surface area (TPSA) is 38.8 Å². The number of thioether (sulfide) groups is 1. The molecule has 1 unspecified atom stereocenters. The van der Waals surface area contributed by atoms with Gasteiger partial charge in [-0.15, -0.1) is 0 Å². The number of carbonyl (C=O) groups is 1. The third-order valence-electron chi connectivity index (χ3n) is 7.57. The number of halogens is 3. The minimum Gasteiger partial charge on any atom is -0.381 e. The van der Waals surface area contributed by atoms with E-state index in [0.29, 0.717) is 13.0 Å². The van der Waals surface area contributed by atoms with Crippen LogP contribution < -0.4 is 10.2 Å². The molecule has 1 N–H and O–H groups in total. The Morgan fingerprint density at radius 2 is 1.62 bits per heavy atom. The summed E-state index contributed by atoms with van der Waals surface area (Å²) in [5.41, 5.74) is -0.712. The summed E-state index contributed by atoms with van der Waals surface area (Å²) in [4.78, 5) is 19.9. The molecule has 1 atom stereocenters. The molecule has 0 spiro atoms. The molecule has 1 amide bonds. The van der Waals surface area contributed by atoms with Crippen LogP contribution in [0, 0.1) is 0 Å². The third kappa shape index (κ3) is 9.07. The van der Waals surface area contributed by atoms with E-state index in [1.54, 1.807) is 12.1 Å². The van der Waals surface area contributed by atoms with Gasteiger partial charge >= 0.3 is 5.51 Å². The molecule has 2 heterocycles. The average molecular weight is 563 g/mol. The van der Waals surface area contributed by atoms with Gasteiger partial charge < -0.3 is 15.1 Å². The lowest BCUT2D eigenvalue weighted by atomic mass is 9.87. The summed E-state index contributed by atoms with van der Waals surface area (Å²) < 4.78 is 37.7. The molecule has 2 saturated heterocycles. The van der Waals surface area contributed by atoms with Crippen molar-refractivity contribution in [3.8, 4) is 0 Å². The van der Waals surface area contributed by atoms with E-state index in [2.05, 4.69) is 60.2 Å². The first-order chi connectivity index (χ1) is 18.5. The molecule has 0 radical (unpaired) electrons. The number of hydrogen-bond donors (Lipinski definition) is 1. The Labute approximate surface area is 235 Å². The summed E-state index contributed by atoms with van der Waals surface area (Å²) in [7, 11) is 0. The molecule has 2 fully saturated rings. The molecule has 0 saturated carbocycles. The highest BCUT2D eigenvalue weighted by Crippen LogP contribution is 2.37. The lowest BCUT2D eigenvalue weighted by molar-refractivity contribution is -0.132. The number of nitrogens with one attached hydrogen (secondary N) is 1. The van der Waals surface area contributed by atoms with Gasteiger partial charge in [0.15, 0.2) is 0 Å². The Morgan fingerprint density at radius 3 is 2.23 bits per heavy atom. The second-order valence-corrected chi connectivity index (χ2v) is 12.8. The Bertz CT molecular complexity index is 1060. The molecule has 0 aromatic heterocycles. The van der Waals surface area contributed by atoms with E-state index < -0.39 is 5.51 Å². The van der Waals surface area contributed by atoms with Crippen molar-refractivity contribution in [3.05, 3.63) is 54.1 Å². The molecule has 0 bridgehead atoms. The van der Waals surface area contributed by atoms with Crippen LogP contribution in [0.2, 0.25) is 0 Å². The van der Waals surface area contributed by atoms with E-state index in [1.807, 2.05) is 4.90 Å². The van der Waals surface area contributed by atoms with E-state index in [9.17, 15) is 18.0 Å². The fourth-order valence-corrected chi connectivity index (χ4v) is 5.86. The Morgan fingerprint density at radius 1 is 0.949 bits per heavy atom. The van der Waals surface area contributed by atoms with Gasteiger partial charge in [0.05, 0.1) is 0 Å². The van der Waals surface area contributed by atoms with Gasteiger partial charge in [0.1, 0.15) is 0 Å². The standard InChI is InChI=1S/C30H41F3N4OS/c1-29(2,3)23-8-12-26(13-9-23)36-20-18-35(19-21-36)16-5-7-28(38)37-17-4-6-25(22-37)34-24-10-14-27(15-11-24)39-30(31,32)33/h8-15,25,34H,4-7,16-22H2,1-3H3. The highest BCUT2D eigenvalue weighted by atomic mass is 32.2. The van der Waals surface area contributed by atoms with Crippen LogP contribution in [0.4, 0.5) is 24.5 Å². The normalized spacial score (nSPS) is 19.3. The number of nitrogens with zero attached hydrogens (tertiary/aromatic N) is 3. The number of carbonyl (C=O) groups excluding carboxylic acids is 1. The van der Waals surface area contributed by atoms with Crippen molar-refractivity contribution in [2.75, 3.05) is 56.0 Å². The molecule has 2 aliphatic heterocycles. The summed E-state index contributed by atoms with van der Waals surface area (Å²) in [5, 5.41) is 3.39. The smallest absolute Gasteiger partial charge is 0.381 e. The van der Waals surface area contributed by atoms with Gasteiger partial charge in [0.25, 0.3) is 0 Å². The highest BCUT2D eigenvalue weighted by molar-refractivity contribution is 8.00. The molecule has 214 valence electrons. The van der Waals surface area contributed by atoms with Crippen LogP contribution in [0.25, 0.3) is 0 Å². The largest absolute Gasteiger partial charge is 0.446 e. The van der Waals surface area contributed by atoms with Crippen LogP contribution in [-0.4, -0.2) is 73.1 Å². The maximum Gasteiger partial charge on any atom is 0.446 e. The fourth-order valence-electron chi connectivity index (χ4n) is 5.32. The summed E-state index contributed by atoms with van der Waals surface area (Å²) >= 11 is -0.109. The maximum atomic E-state index is 12.9. The summed E-state index contributed by atoms with van der Waals surface area (Å²) in [6.45, 7) is 13.0. The zero-order chi connectivity index (χ0) is 28.0. The molecule has 2 aliphatic rings. The maximum absolute atomic E-state index is 12.9. The van der Waals surface area contributed by atoms with Crippen molar-refractivity contribution in [1.29, 1.82) is 0 Å². The zero-order valence-electron chi connectivity index (χ0n) is 23.3. The number of anilines is 2. The lowest BCUT2D eigenvalue weighted by Gasteiger charge is -2.36. The first kappa shape index (κ1) is 29.6. The van der Waals surface area contributed by atoms with Crippen molar-refractivity contribution < 1.29 is 18.0 Å². The van der Waals surface area contributed by atoms with Crippen LogP contribution in [0.1, 0.15) is 52.0 Å². The molecule has 2 aromatic rings. The summed E-state index contributed by atoms with van der Waals surface area (Å²) in [5.74, 6) is 0.191. The number of likely N-dealkylation sites (tertiary alicyclic amines) is 1. The number of benzene rings is 2. The van der Waals surface area contributed by atoms with Crippen LogP contribution in [-0.2, 0) is 10.2 Å². The van der Waals surface area contributed by atoms with Crippen LogP contribution in [0.5, 0.6) is 0 Å². The van der Waals surface area contributed by atoms with E-state index in [-0.39, 0.29) is 34.0 Å². The summed E-state index contributed by atoms with van der Waals surface area (Å²) in [6.07, 6.45) is 3.26. The zero-order valence-corrected chi connectivity index (χ0v) is 24.1. The van der Waals surface area contributed by atoms with Gasteiger partial charge in [-0.05, 0) is 84.9 Å². The van der Waals surface area contributed by atoms with Crippen molar-refractivity contribution in [2.24, 2.45) is 0 Å². The van der Waals surface area contributed by atoms with E-state index in [4.69, 9.17) is 0 Å². The number of amides is 1.